The molecule has 1 saturated carbocycles. The normalized spacial score (nSPS) is 23.4. The molecule has 2 aliphatic rings. The summed E-state index contributed by atoms with van der Waals surface area (Å²) in [5.41, 5.74) is 8.71. The number of rotatable bonds is 6. The summed E-state index contributed by atoms with van der Waals surface area (Å²) in [6.07, 6.45) is 10.5. The van der Waals surface area contributed by atoms with Crippen LogP contribution >= 0.6 is 11.8 Å². The molecule has 0 amide bonds. The van der Waals surface area contributed by atoms with Gasteiger partial charge in [0, 0.05) is 24.5 Å². The smallest absolute Gasteiger partial charge is 0.133 e. The van der Waals surface area contributed by atoms with Crippen molar-refractivity contribution in [3.8, 4) is 0 Å². The Morgan fingerprint density at radius 2 is 2.04 bits per heavy atom. The van der Waals surface area contributed by atoms with Crippen molar-refractivity contribution >= 4 is 17.4 Å². The molecule has 2 atom stereocenters. The van der Waals surface area contributed by atoms with Crippen molar-refractivity contribution in [3.05, 3.63) is 41.4 Å². The summed E-state index contributed by atoms with van der Waals surface area (Å²) in [6, 6.07) is 9.15. The number of para-hydroxylation sites is 1. The summed E-state index contributed by atoms with van der Waals surface area (Å²) in [4.78, 5) is 2.16. The zero-order chi connectivity index (χ0) is 16.1. The van der Waals surface area contributed by atoms with Crippen LogP contribution in [0.2, 0.25) is 0 Å². The first-order chi connectivity index (χ1) is 11.2. The van der Waals surface area contributed by atoms with E-state index < -0.39 is 0 Å². The molecule has 3 nitrogen and oxygen atoms in total. The van der Waals surface area contributed by atoms with E-state index in [4.69, 9.17) is 5.73 Å². The van der Waals surface area contributed by atoms with E-state index in [-0.39, 0.29) is 5.50 Å². The number of hydrogen-bond donors (Lipinski definition) is 2. The standard InChI is InChI=1S/C19H29N3S/c1-15(13-16-7-3-2-4-8-16)21-14-17-9-5-6-10-18(17)22-11-12-23-19(22)20/h5-6,9-12,15-16,19,21H,2-4,7-8,13-14,20H2,1H3/t15-,19?/m0/s1. The summed E-state index contributed by atoms with van der Waals surface area (Å²) < 4.78 is 0. The Hall–Kier alpha value is -0.970. The molecule has 1 aliphatic carbocycles. The fourth-order valence-electron chi connectivity index (χ4n) is 3.75. The molecule has 1 aliphatic heterocycles. The van der Waals surface area contributed by atoms with Crippen LogP contribution in [0.5, 0.6) is 0 Å². The molecule has 1 unspecified atom stereocenters. The molecule has 0 spiro atoms. The van der Waals surface area contributed by atoms with Gasteiger partial charge in [-0.25, -0.2) is 0 Å². The molecule has 0 aromatic heterocycles. The van der Waals surface area contributed by atoms with Gasteiger partial charge < -0.3 is 16.0 Å². The zero-order valence-corrected chi connectivity index (χ0v) is 14.9. The summed E-state index contributed by atoms with van der Waals surface area (Å²) in [7, 11) is 0. The minimum atomic E-state index is -0.00388. The maximum absolute atomic E-state index is 6.17. The van der Waals surface area contributed by atoms with E-state index in [9.17, 15) is 0 Å². The molecular formula is C19H29N3S. The molecule has 23 heavy (non-hydrogen) atoms. The summed E-state index contributed by atoms with van der Waals surface area (Å²) in [5.74, 6) is 0.924. The lowest BCUT2D eigenvalue weighted by molar-refractivity contribution is 0.304. The van der Waals surface area contributed by atoms with Crippen LogP contribution in [0.25, 0.3) is 0 Å². The van der Waals surface area contributed by atoms with Gasteiger partial charge in [-0.3, -0.25) is 0 Å². The second kappa shape index (κ2) is 8.22. The highest BCUT2D eigenvalue weighted by Gasteiger charge is 2.20. The van der Waals surface area contributed by atoms with Gasteiger partial charge in [0.2, 0.25) is 0 Å². The van der Waals surface area contributed by atoms with Gasteiger partial charge in [-0.1, -0.05) is 62.1 Å². The molecule has 1 heterocycles. The van der Waals surface area contributed by atoms with Crippen LogP contribution in [0.1, 0.15) is 51.0 Å². The Balaban J connectivity index is 1.56. The highest BCUT2D eigenvalue weighted by atomic mass is 32.2. The molecule has 3 rings (SSSR count). The Kier molecular flexibility index (Phi) is 6.03. The van der Waals surface area contributed by atoms with Crippen molar-refractivity contribution in [2.24, 2.45) is 11.7 Å². The van der Waals surface area contributed by atoms with E-state index >= 15 is 0 Å². The van der Waals surface area contributed by atoms with E-state index in [0.717, 1.165) is 12.5 Å². The zero-order valence-electron chi connectivity index (χ0n) is 14.1. The Bertz CT molecular complexity index is 525. The quantitative estimate of drug-likeness (QED) is 0.810. The lowest BCUT2D eigenvalue weighted by Gasteiger charge is -2.27. The Morgan fingerprint density at radius 3 is 2.78 bits per heavy atom. The molecule has 1 aromatic carbocycles. The first-order valence-electron chi connectivity index (χ1n) is 8.91. The van der Waals surface area contributed by atoms with Gasteiger partial charge in [-0.2, -0.15) is 0 Å². The van der Waals surface area contributed by atoms with E-state index in [2.05, 4.69) is 53.0 Å². The van der Waals surface area contributed by atoms with Crippen LogP contribution in [0.4, 0.5) is 5.69 Å². The maximum Gasteiger partial charge on any atom is 0.133 e. The summed E-state index contributed by atoms with van der Waals surface area (Å²) in [6.45, 7) is 3.24. The SMILES string of the molecule is C[C@@H](CC1CCCCC1)NCc1ccccc1N1C=CSC1N. The average molecular weight is 332 g/mol. The molecule has 4 heteroatoms. The van der Waals surface area contributed by atoms with E-state index in [1.165, 1.54) is 49.8 Å². The minimum absolute atomic E-state index is 0.00388. The van der Waals surface area contributed by atoms with Crippen molar-refractivity contribution in [1.82, 2.24) is 5.32 Å². The largest absolute Gasteiger partial charge is 0.322 e. The Morgan fingerprint density at radius 1 is 1.26 bits per heavy atom. The lowest BCUT2D eigenvalue weighted by atomic mass is 9.85. The first-order valence-corrected chi connectivity index (χ1v) is 9.85. The third-order valence-electron chi connectivity index (χ3n) is 5.04. The highest BCUT2D eigenvalue weighted by molar-refractivity contribution is 8.03. The van der Waals surface area contributed by atoms with Gasteiger partial charge in [0.15, 0.2) is 0 Å². The van der Waals surface area contributed by atoms with Gasteiger partial charge >= 0.3 is 0 Å². The van der Waals surface area contributed by atoms with Gasteiger partial charge in [0.25, 0.3) is 0 Å². The lowest BCUT2D eigenvalue weighted by Crippen LogP contribution is -2.34. The second-order valence-electron chi connectivity index (χ2n) is 6.87. The number of anilines is 1. The predicted octanol–water partition coefficient (Wildman–Crippen LogP) is 4.40. The third-order valence-corrected chi connectivity index (χ3v) is 5.82. The third kappa shape index (κ3) is 4.52. The number of nitrogens with zero attached hydrogens (tertiary/aromatic N) is 1. The molecule has 0 saturated heterocycles. The van der Waals surface area contributed by atoms with Crippen molar-refractivity contribution in [1.29, 1.82) is 0 Å². The number of benzene rings is 1. The van der Waals surface area contributed by atoms with Crippen LogP contribution in [0, 0.1) is 5.92 Å². The van der Waals surface area contributed by atoms with Crippen molar-refractivity contribution < 1.29 is 0 Å². The van der Waals surface area contributed by atoms with E-state index in [1.54, 1.807) is 11.8 Å². The molecule has 3 N–H and O–H groups in total. The summed E-state index contributed by atoms with van der Waals surface area (Å²) >= 11 is 1.66. The average Bonchev–Trinajstić information content (AvgIpc) is 3.00. The van der Waals surface area contributed by atoms with Crippen LogP contribution in [0.15, 0.2) is 35.9 Å². The topological polar surface area (TPSA) is 41.3 Å². The number of nitrogens with one attached hydrogen (secondary N) is 1. The fourth-order valence-corrected chi connectivity index (χ4v) is 4.43. The van der Waals surface area contributed by atoms with Crippen molar-refractivity contribution in [2.45, 2.75) is 63.5 Å². The van der Waals surface area contributed by atoms with Crippen LogP contribution < -0.4 is 16.0 Å². The fraction of sp³-hybridized carbons (Fsp3) is 0.579. The molecule has 126 valence electrons. The monoisotopic (exact) mass is 331 g/mol. The van der Waals surface area contributed by atoms with E-state index in [0.29, 0.717) is 6.04 Å². The minimum Gasteiger partial charge on any atom is -0.322 e. The van der Waals surface area contributed by atoms with Crippen LogP contribution in [-0.4, -0.2) is 11.5 Å². The molecule has 0 radical (unpaired) electrons. The highest BCUT2D eigenvalue weighted by Crippen LogP contribution is 2.31. The second-order valence-corrected chi connectivity index (χ2v) is 7.90. The van der Waals surface area contributed by atoms with Crippen LogP contribution in [0.3, 0.4) is 0 Å². The van der Waals surface area contributed by atoms with Gasteiger partial charge in [0.1, 0.15) is 5.50 Å². The van der Waals surface area contributed by atoms with Gasteiger partial charge in [0.05, 0.1) is 0 Å². The van der Waals surface area contributed by atoms with Crippen LogP contribution in [-0.2, 0) is 6.54 Å². The van der Waals surface area contributed by atoms with E-state index in [1.807, 2.05) is 0 Å². The first kappa shape index (κ1) is 16.9. The summed E-state index contributed by atoms with van der Waals surface area (Å²) in [5, 5.41) is 5.80. The molecule has 1 aromatic rings. The number of hydrogen-bond acceptors (Lipinski definition) is 4. The van der Waals surface area contributed by atoms with Crippen molar-refractivity contribution in [2.75, 3.05) is 4.90 Å². The maximum atomic E-state index is 6.17. The molecule has 1 fully saturated rings. The number of nitrogens with two attached hydrogens (primary N) is 1. The molecular weight excluding hydrogens is 302 g/mol. The predicted molar refractivity (Wildman–Crippen MR) is 101 cm³/mol. The Labute approximate surface area is 144 Å². The number of thioether (sulfide) groups is 1. The van der Waals surface area contributed by atoms with Gasteiger partial charge in [-0.05, 0) is 36.3 Å². The van der Waals surface area contributed by atoms with Crippen molar-refractivity contribution in [3.63, 3.8) is 0 Å². The van der Waals surface area contributed by atoms with Gasteiger partial charge in [-0.15, -0.1) is 0 Å². The molecule has 0 bridgehead atoms.